The van der Waals surface area contributed by atoms with Gasteiger partial charge in [0.05, 0.1) is 18.6 Å². The molecule has 0 aliphatic heterocycles. The van der Waals surface area contributed by atoms with Crippen molar-refractivity contribution in [1.29, 1.82) is 5.26 Å². The Balaban J connectivity index is 3.91. The van der Waals surface area contributed by atoms with Crippen LogP contribution in [-0.2, 0) is 9.53 Å². The maximum Gasteiger partial charge on any atom is 0.322 e. The predicted molar refractivity (Wildman–Crippen MR) is 48.6 cm³/mol. The third kappa shape index (κ3) is 4.48. The Morgan fingerprint density at radius 2 is 2.23 bits per heavy atom. The summed E-state index contributed by atoms with van der Waals surface area (Å²) in [6.45, 7) is 3.63. The predicted octanol–water partition coefficient (Wildman–Crippen LogP) is 0.817. The Bertz CT molecular complexity index is 218. The summed E-state index contributed by atoms with van der Waals surface area (Å²) in [7, 11) is 1.30. The van der Waals surface area contributed by atoms with Gasteiger partial charge < -0.3 is 10.5 Å². The maximum absolute atomic E-state index is 10.9. The molecular weight excluding hydrogens is 168 g/mol. The minimum atomic E-state index is -0.613. The second kappa shape index (κ2) is 4.83. The van der Waals surface area contributed by atoms with E-state index in [1.807, 2.05) is 13.8 Å². The molecule has 74 valence electrons. The highest BCUT2D eigenvalue weighted by Crippen LogP contribution is 2.21. The summed E-state index contributed by atoms with van der Waals surface area (Å²) in [6, 6.07) is 1.53. The molecular formula is C9H16N2O2. The Labute approximate surface area is 78.7 Å². The Morgan fingerprint density at radius 3 is 2.62 bits per heavy atom. The molecule has 1 atom stereocenters. The van der Waals surface area contributed by atoms with E-state index in [2.05, 4.69) is 10.8 Å². The monoisotopic (exact) mass is 184 g/mol. The number of esters is 1. The van der Waals surface area contributed by atoms with E-state index in [0.717, 1.165) is 0 Å². The molecule has 0 rings (SSSR count). The van der Waals surface area contributed by atoms with Gasteiger partial charge in [-0.15, -0.1) is 0 Å². The zero-order valence-corrected chi connectivity index (χ0v) is 8.33. The number of hydrogen-bond acceptors (Lipinski definition) is 4. The van der Waals surface area contributed by atoms with E-state index in [-0.39, 0.29) is 0 Å². The molecule has 4 nitrogen and oxygen atoms in total. The third-order valence-electron chi connectivity index (χ3n) is 1.89. The van der Waals surface area contributed by atoms with E-state index in [9.17, 15) is 4.79 Å². The molecule has 0 bridgehead atoms. The molecule has 0 heterocycles. The van der Waals surface area contributed by atoms with Crippen LogP contribution >= 0.6 is 0 Å². The molecule has 0 aromatic heterocycles. The van der Waals surface area contributed by atoms with Gasteiger partial charge in [0.1, 0.15) is 6.04 Å². The van der Waals surface area contributed by atoms with Gasteiger partial charge in [-0.05, 0) is 26.7 Å². The average molecular weight is 184 g/mol. The van der Waals surface area contributed by atoms with Gasteiger partial charge in [0, 0.05) is 0 Å². The first-order chi connectivity index (χ1) is 5.93. The molecule has 2 N–H and O–H groups in total. The summed E-state index contributed by atoms with van der Waals surface area (Å²) in [5.74, 6) is -0.422. The third-order valence-corrected chi connectivity index (χ3v) is 1.89. The first-order valence-corrected chi connectivity index (χ1v) is 4.17. The quantitative estimate of drug-likeness (QED) is 0.656. The van der Waals surface area contributed by atoms with Crippen molar-refractivity contribution in [3.05, 3.63) is 0 Å². The molecule has 0 fully saturated rings. The zero-order chi connectivity index (χ0) is 10.5. The standard InChI is InChI=1S/C9H16N2O2/c1-9(2,6-10)5-4-7(11)8(12)13-3/h7H,4-5,11H2,1-3H3. The minimum absolute atomic E-state index is 0.422. The summed E-state index contributed by atoms with van der Waals surface area (Å²) in [4.78, 5) is 10.9. The molecule has 0 spiro atoms. The molecule has 0 saturated heterocycles. The smallest absolute Gasteiger partial charge is 0.322 e. The second-order valence-electron chi connectivity index (χ2n) is 3.66. The van der Waals surface area contributed by atoms with E-state index in [4.69, 9.17) is 11.0 Å². The Kier molecular flexibility index (Phi) is 4.43. The van der Waals surface area contributed by atoms with Gasteiger partial charge in [-0.2, -0.15) is 5.26 Å². The van der Waals surface area contributed by atoms with Gasteiger partial charge in [-0.1, -0.05) is 0 Å². The molecule has 0 aromatic rings. The fourth-order valence-corrected chi connectivity index (χ4v) is 0.841. The van der Waals surface area contributed by atoms with Crippen LogP contribution in [0.2, 0.25) is 0 Å². The van der Waals surface area contributed by atoms with Crippen molar-refractivity contribution in [2.24, 2.45) is 11.1 Å². The summed E-state index contributed by atoms with van der Waals surface area (Å²) in [5.41, 5.74) is 5.08. The lowest BCUT2D eigenvalue weighted by Crippen LogP contribution is -2.32. The molecule has 0 radical (unpaired) electrons. The van der Waals surface area contributed by atoms with Crippen molar-refractivity contribution in [2.45, 2.75) is 32.7 Å². The number of nitrogens with zero attached hydrogens (tertiary/aromatic N) is 1. The van der Waals surface area contributed by atoms with Gasteiger partial charge >= 0.3 is 5.97 Å². The molecule has 0 aliphatic rings. The topological polar surface area (TPSA) is 76.1 Å². The van der Waals surface area contributed by atoms with Gasteiger partial charge in [-0.3, -0.25) is 4.79 Å². The highest BCUT2D eigenvalue weighted by Gasteiger charge is 2.21. The summed E-state index contributed by atoms with van der Waals surface area (Å²) in [5, 5.41) is 8.70. The van der Waals surface area contributed by atoms with Crippen LogP contribution in [-0.4, -0.2) is 19.1 Å². The van der Waals surface area contributed by atoms with Crippen molar-refractivity contribution < 1.29 is 9.53 Å². The van der Waals surface area contributed by atoms with Crippen LogP contribution in [0.4, 0.5) is 0 Å². The van der Waals surface area contributed by atoms with Crippen molar-refractivity contribution in [1.82, 2.24) is 0 Å². The largest absolute Gasteiger partial charge is 0.468 e. The second-order valence-corrected chi connectivity index (χ2v) is 3.66. The first kappa shape index (κ1) is 11.9. The van der Waals surface area contributed by atoms with E-state index in [1.165, 1.54) is 7.11 Å². The van der Waals surface area contributed by atoms with Crippen LogP contribution in [0.1, 0.15) is 26.7 Å². The Hall–Kier alpha value is -1.08. The minimum Gasteiger partial charge on any atom is -0.468 e. The van der Waals surface area contributed by atoms with Crippen LogP contribution in [0.5, 0.6) is 0 Å². The molecule has 0 saturated carbocycles. The molecule has 13 heavy (non-hydrogen) atoms. The number of carbonyl (C=O) groups is 1. The van der Waals surface area contributed by atoms with Gasteiger partial charge in [-0.25, -0.2) is 0 Å². The van der Waals surface area contributed by atoms with E-state index in [1.54, 1.807) is 0 Å². The van der Waals surface area contributed by atoms with Crippen LogP contribution in [0, 0.1) is 16.7 Å². The Morgan fingerprint density at radius 1 is 1.69 bits per heavy atom. The average Bonchev–Trinajstić information content (AvgIpc) is 2.13. The number of rotatable bonds is 4. The number of ether oxygens (including phenoxy) is 1. The lowest BCUT2D eigenvalue weighted by atomic mass is 9.88. The highest BCUT2D eigenvalue weighted by molar-refractivity contribution is 5.75. The number of methoxy groups -OCH3 is 1. The van der Waals surface area contributed by atoms with Crippen molar-refractivity contribution >= 4 is 5.97 Å². The number of carbonyl (C=O) groups excluding carboxylic acids is 1. The lowest BCUT2D eigenvalue weighted by molar-refractivity contribution is -0.142. The summed E-state index contributed by atoms with van der Waals surface area (Å²) < 4.78 is 4.46. The molecule has 1 unspecified atom stereocenters. The molecule has 0 aromatic carbocycles. The van der Waals surface area contributed by atoms with Crippen molar-refractivity contribution in [3.63, 3.8) is 0 Å². The molecule has 0 aliphatic carbocycles. The normalized spacial score (nSPS) is 13.2. The van der Waals surface area contributed by atoms with Gasteiger partial charge in [0.2, 0.25) is 0 Å². The fourth-order valence-electron chi connectivity index (χ4n) is 0.841. The van der Waals surface area contributed by atoms with Crippen LogP contribution < -0.4 is 5.73 Å². The summed E-state index contributed by atoms with van der Waals surface area (Å²) >= 11 is 0. The lowest BCUT2D eigenvalue weighted by Gasteiger charge is -2.16. The molecule has 0 amide bonds. The van der Waals surface area contributed by atoms with Crippen LogP contribution in [0.15, 0.2) is 0 Å². The van der Waals surface area contributed by atoms with E-state index in [0.29, 0.717) is 12.8 Å². The SMILES string of the molecule is COC(=O)C(N)CCC(C)(C)C#N. The summed E-state index contributed by atoms with van der Waals surface area (Å²) in [6.07, 6.45) is 1.08. The van der Waals surface area contributed by atoms with Gasteiger partial charge in [0.15, 0.2) is 0 Å². The van der Waals surface area contributed by atoms with E-state index < -0.39 is 17.4 Å². The van der Waals surface area contributed by atoms with Gasteiger partial charge in [0.25, 0.3) is 0 Å². The fraction of sp³-hybridized carbons (Fsp3) is 0.778. The van der Waals surface area contributed by atoms with Crippen LogP contribution in [0.25, 0.3) is 0 Å². The first-order valence-electron chi connectivity index (χ1n) is 4.17. The number of hydrogen-bond donors (Lipinski definition) is 1. The zero-order valence-electron chi connectivity index (χ0n) is 8.33. The van der Waals surface area contributed by atoms with E-state index >= 15 is 0 Å². The maximum atomic E-state index is 10.9. The number of nitrogens with two attached hydrogens (primary N) is 1. The number of nitriles is 1. The molecule has 4 heteroatoms. The van der Waals surface area contributed by atoms with Crippen molar-refractivity contribution in [3.8, 4) is 6.07 Å². The highest BCUT2D eigenvalue weighted by atomic mass is 16.5. The van der Waals surface area contributed by atoms with Crippen LogP contribution in [0.3, 0.4) is 0 Å². The van der Waals surface area contributed by atoms with Crippen molar-refractivity contribution in [2.75, 3.05) is 7.11 Å².